The van der Waals surface area contributed by atoms with Crippen LogP contribution in [0, 0.1) is 5.82 Å². The standard InChI is InChI=1S/C14H10ClFN4O2/c15-10-4-8(16)2-1-7(10)3-9-5-13(21)20-12(18-9)6-11(19-20)14(17)22/h1-2,4-6,19H,3H2,(H2,17,22). The Hall–Kier alpha value is -2.67. The third-order valence-electron chi connectivity index (χ3n) is 3.16. The molecule has 2 heterocycles. The predicted molar refractivity (Wildman–Crippen MR) is 78.5 cm³/mol. The Morgan fingerprint density at radius 1 is 1.36 bits per heavy atom. The summed E-state index contributed by atoms with van der Waals surface area (Å²) in [5, 5.41) is 2.82. The number of fused-ring (bicyclic) bond motifs is 1. The molecule has 1 aromatic carbocycles. The van der Waals surface area contributed by atoms with Gasteiger partial charge in [0.05, 0.1) is 5.69 Å². The van der Waals surface area contributed by atoms with Gasteiger partial charge in [-0.25, -0.2) is 13.9 Å². The fraction of sp³-hybridized carbons (Fsp3) is 0.0714. The normalized spacial score (nSPS) is 11.0. The summed E-state index contributed by atoms with van der Waals surface area (Å²) in [4.78, 5) is 27.4. The van der Waals surface area contributed by atoms with Gasteiger partial charge in [-0.15, -0.1) is 0 Å². The topological polar surface area (TPSA) is 93.2 Å². The highest BCUT2D eigenvalue weighted by Gasteiger charge is 2.11. The highest BCUT2D eigenvalue weighted by Crippen LogP contribution is 2.19. The maximum absolute atomic E-state index is 13.0. The minimum Gasteiger partial charge on any atom is -0.364 e. The monoisotopic (exact) mass is 320 g/mol. The summed E-state index contributed by atoms with van der Waals surface area (Å²) in [7, 11) is 0. The van der Waals surface area contributed by atoms with E-state index in [0.29, 0.717) is 11.3 Å². The van der Waals surface area contributed by atoms with Gasteiger partial charge in [-0.1, -0.05) is 17.7 Å². The average molecular weight is 321 g/mol. The van der Waals surface area contributed by atoms with E-state index in [1.54, 1.807) is 0 Å². The molecule has 0 spiro atoms. The fourth-order valence-electron chi connectivity index (χ4n) is 2.12. The maximum Gasteiger partial charge on any atom is 0.272 e. The Morgan fingerprint density at radius 2 is 2.14 bits per heavy atom. The van der Waals surface area contributed by atoms with Crippen molar-refractivity contribution in [3.05, 3.63) is 68.5 Å². The molecule has 0 bridgehead atoms. The maximum atomic E-state index is 13.0. The number of nitrogens with two attached hydrogens (primary N) is 1. The van der Waals surface area contributed by atoms with Gasteiger partial charge in [0.25, 0.3) is 11.5 Å². The van der Waals surface area contributed by atoms with E-state index >= 15 is 0 Å². The van der Waals surface area contributed by atoms with Crippen molar-refractivity contribution in [1.82, 2.24) is 14.6 Å². The number of H-pyrrole nitrogens is 1. The van der Waals surface area contributed by atoms with E-state index in [-0.39, 0.29) is 28.3 Å². The number of nitrogens with zero attached hydrogens (tertiary/aromatic N) is 2. The van der Waals surface area contributed by atoms with Gasteiger partial charge in [-0.2, -0.15) is 0 Å². The average Bonchev–Trinajstić information content (AvgIpc) is 2.87. The first kappa shape index (κ1) is 14.3. The summed E-state index contributed by atoms with van der Waals surface area (Å²) in [5.41, 5.74) is 6.23. The van der Waals surface area contributed by atoms with E-state index in [1.807, 2.05) is 0 Å². The minimum atomic E-state index is -0.687. The van der Waals surface area contributed by atoms with Crippen molar-refractivity contribution in [3.63, 3.8) is 0 Å². The molecule has 0 aliphatic heterocycles. The lowest BCUT2D eigenvalue weighted by Crippen LogP contribution is -2.17. The van der Waals surface area contributed by atoms with Crippen molar-refractivity contribution in [3.8, 4) is 0 Å². The first-order chi connectivity index (χ1) is 10.4. The largest absolute Gasteiger partial charge is 0.364 e. The van der Waals surface area contributed by atoms with Crippen LogP contribution < -0.4 is 11.3 Å². The summed E-state index contributed by atoms with van der Waals surface area (Å²) in [6.07, 6.45) is 0.266. The van der Waals surface area contributed by atoms with Gasteiger partial charge in [0.2, 0.25) is 0 Å². The summed E-state index contributed by atoms with van der Waals surface area (Å²) >= 11 is 5.96. The molecule has 0 unspecified atom stereocenters. The van der Waals surface area contributed by atoms with Gasteiger partial charge in [-0.3, -0.25) is 14.7 Å². The molecule has 6 nitrogen and oxygen atoms in total. The predicted octanol–water partition coefficient (Wildman–Crippen LogP) is 1.50. The first-order valence-electron chi connectivity index (χ1n) is 6.29. The Kier molecular flexibility index (Phi) is 3.42. The Labute approximate surface area is 128 Å². The van der Waals surface area contributed by atoms with E-state index in [4.69, 9.17) is 17.3 Å². The molecule has 2 aromatic heterocycles. The van der Waals surface area contributed by atoms with Crippen molar-refractivity contribution < 1.29 is 9.18 Å². The third kappa shape index (κ3) is 2.58. The summed E-state index contributed by atoms with van der Waals surface area (Å²) in [6, 6.07) is 6.72. The van der Waals surface area contributed by atoms with Crippen LogP contribution in [0.5, 0.6) is 0 Å². The number of rotatable bonds is 3. The molecular formula is C14H10ClFN4O2. The fourth-order valence-corrected chi connectivity index (χ4v) is 2.35. The van der Waals surface area contributed by atoms with E-state index in [2.05, 4.69) is 10.1 Å². The lowest BCUT2D eigenvalue weighted by atomic mass is 10.1. The zero-order chi connectivity index (χ0) is 15.9. The molecule has 3 aromatic rings. The molecule has 8 heteroatoms. The second-order valence-electron chi connectivity index (χ2n) is 4.73. The molecule has 112 valence electrons. The number of carbonyl (C=O) groups is 1. The Bertz CT molecular complexity index is 948. The van der Waals surface area contributed by atoms with E-state index in [1.165, 1.54) is 30.3 Å². The molecular weight excluding hydrogens is 311 g/mol. The number of carbonyl (C=O) groups excluding carboxylic acids is 1. The number of aromatic amines is 1. The number of benzene rings is 1. The second kappa shape index (κ2) is 5.27. The van der Waals surface area contributed by atoms with E-state index in [9.17, 15) is 14.0 Å². The van der Waals surface area contributed by atoms with E-state index < -0.39 is 11.7 Å². The van der Waals surface area contributed by atoms with Crippen molar-refractivity contribution in [1.29, 1.82) is 0 Å². The van der Waals surface area contributed by atoms with Gasteiger partial charge in [0.1, 0.15) is 11.5 Å². The quantitative estimate of drug-likeness (QED) is 0.766. The molecule has 3 N–H and O–H groups in total. The van der Waals surface area contributed by atoms with Crippen LogP contribution >= 0.6 is 11.6 Å². The van der Waals surface area contributed by atoms with Gasteiger partial charge in [0.15, 0.2) is 5.65 Å². The van der Waals surface area contributed by atoms with Crippen LogP contribution in [0.2, 0.25) is 5.02 Å². The van der Waals surface area contributed by atoms with Crippen molar-refractivity contribution in [2.45, 2.75) is 6.42 Å². The van der Waals surface area contributed by atoms with Crippen LogP contribution in [0.3, 0.4) is 0 Å². The van der Waals surface area contributed by atoms with Gasteiger partial charge in [0, 0.05) is 23.6 Å². The molecule has 0 radical (unpaired) electrons. The smallest absolute Gasteiger partial charge is 0.272 e. The molecule has 0 aliphatic carbocycles. The SMILES string of the molecule is NC(=O)c1cc2nc(Cc3ccc(F)cc3Cl)cc(=O)n2[nH]1. The van der Waals surface area contributed by atoms with E-state index in [0.717, 1.165) is 4.52 Å². The van der Waals surface area contributed by atoms with Crippen LogP contribution in [0.1, 0.15) is 21.7 Å². The molecule has 0 fully saturated rings. The van der Waals surface area contributed by atoms with Gasteiger partial charge < -0.3 is 5.73 Å². The number of aromatic nitrogens is 3. The minimum absolute atomic E-state index is 0.0848. The Morgan fingerprint density at radius 3 is 2.82 bits per heavy atom. The number of nitrogens with one attached hydrogen (secondary N) is 1. The number of primary amides is 1. The number of hydrogen-bond donors (Lipinski definition) is 2. The number of halogens is 2. The molecule has 1 amide bonds. The van der Waals surface area contributed by atoms with Crippen LogP contribution in [0.25, 0.3) is 5.65 Å². The number of hydrogen-bond acceptors (Lipinski definition) is 3. The first-order valence-corrected chi connectivity index (χ1v) is 6.67. The molecule has 0 saturated heterocycles. The third-order valence-corrected chi connectivity index (χ3v) is 3.51. The molecule has 0 aliphatic rings. The number of amides is 1. The molecule has 0 atom stereocenters. The van der Waals surface area contributed by atoms with Crippen LogP contribution in [0.4, 0.5) is 4.39 Å². The van der Waals surface area contributed by atoms with Crippen LogP contribution in [-0.2, 0) is 6.42 Å². The van der Waals surface area contributed by atoms with Crippen LogP contribution in [0.15, 0.2) is 35.1 Å². The van der Waals surface area contributed by atoms with Crippen molar-refractivity contribution in [2.24, 2.45) is 5.73 Å². The lowest BCUT2D eigenvalue weighted by Gasteiger charge is -2.04. The van der Waals surface area contributed by atoms with Gasteiger partial charge in [-0.05, 0) is 17.7 Å². The zero-order valence-electron chi connectivity index (χ0n) is 11.1. The molecule has 3 rings (SSSR count). The Balaban J connectivity index is 2.04. The molecule has 22 heavy (non-hydrogen) atoms. The molecule has 0 saturated carbocycles. The van der Waals surface area contributed by atoms with Gasteiger partial charge >= 0.3 is 0 Å². The summed E-state index contributed by atoms with van der Waals surface area (Å²) in [6.45, 7) is 0. The summed E-state index contributed by atoms with van der Waals surface area (Å²) < 4.78 is 14.2. The van der Waals surface area contributed by atoms with Crippen molar-refractivity contribution >= 4 is 23.2 Å². The lowest BCUT2D eigenvalue weighted by molar-refractivity contribution is 0.0995. The highest BCUT2D eigenvalue weighted by atomic mass is 35.5. The zero-order valence-corrected chi connectivity index (χ0v) is 11.9. The second-order valence-corrected chi connectivity index (χ2v) is 5.13. The summed E-state index contributed by atoms with van der Waals surface area (Å²) in [5.74, 6) is -1.12. The van der Waals surface area contributed by atoms with Crippen molar-refractivity contribution in [2.75, 3.05) is 0 Å². The van der Waals surface area contributed by atoms with Crippen LogP contribution in [-0.4, -0.2) is 20.5 Å². The highest BCUT2D eigenvalue weighted by molar-refractivity contribution is 6.31.